The van der Waals surface area contributed by atoms with E-state index in [1.54, 1.807) is 6.07 Å². The number of halogens is 3. The first-order valence-corrected chi connectivity index (χ1v) is 8.06. The van der Waals surface area contributed by atoms with Crippen LogP contribution in [0.1, 0.15) is 22.1 Å². The van der Waals surface area contributed by atoms with Crippen molar-refractivity contribution in [2.45, 2.75) is 12.3 Å². The zero-order valence-electron chi connectivity index (χ0n) is 14.0. The normalized spacial score (nSPS) is 17.9. The van der Waals surface area contributed by atoms with Gasteiger partial charge in [0.15, 0.2) is 11.5 Å². The van der Waals surface area contributed by atoms with E-state index >= 15 is 0 Å². The molecule has 1 unspecified atom stereocenters. The molecule has 0 bridgehead atoms. The predicted octanol–water partition coefficient (Wildman–Crippen LogP) is 3.45. The van der Waals surface area contributed by atoms with Crippen LogP contribution in [0.25, 0.3) is 0 Å². The lowest BCUT2D eigenvalue weighted by Gasteiger charge is -2.38. The topological polar surface area (TPSA) is 93.9 Å². The summed E-state index contributed by atoms with van der Waals surface area (Å²) in [6.45, 7) is -1.74. The fourth-order valence-electron chi connectivity index (χ4n) is 3.22. The lowest BCUT2D eigenvalue weighted by molar-refractivity contribution is -0.386. The van der Waals surface area contributed by atoms with E-state index in [-0.39, 0.29) is 35.1 Å². The maximum Gasteiger partial charge on any atom is 0.406 e. The molecule has 146 valence electrons. The van der Waals surface area contributed by atoms with E-state index in [9.17, 15) is 28.1 Å². The molecule has 28 heavy (non-hydrogen) atoms. The number of ether oxygens (including phenoxy) is 2. The summed E-state index contributed by atoms with van der Waals surface area (Å²) in [5.74, 6) is -0.621. The number of carbonyl (C=O) groups is 1. The molecule has 2 aromatic carbocycles. The van der Waals surface area contributed by atoms with Gasteiger partial charge in [0, 0.05) is 5.69 Å². The molecular formula is C17H12F3N3O5. The number of alkyl halides is 3. The van der Waals surface area contributed by atoms with Gasteiger partial charge in [-0.2, -0.15) is 13.2 Å². The van der Waals surface area contributed by atoms with Crippen molar-refractivity contribution in [2.75, 3.05) is 18.7 Å². The number of nitrogens with zero attached hydrogens (tertiary/aromatic N) is 2. The summed E-state index contributed by atoms with van der Waals surface area (Å²) in [5, 5.41) is 14.3. The van der Waals surface area contributed by atoms with Crippen LogP contribution in [0, 0.1) is 10.1 Å². The molecule has 1 amide bonds. The minimum absolute atomic E-state index is 0.0476. The first kappa shape index (κ1) is 17.9. The zero-order valence-corrected chi connectivity index (χ0v) is 14.0. The summed E-state index contributed by atoms with van der Waals surface area (Å²) in [6, 6.07) is 8.33. The van der Waals surface area contributed by atoms with Crippen LogP contribution in [0.2, 0.25) is 0 Å². The van der Waals surface area contributed by atoms with Crippen molar-refractivity contribution in [2.24, 2.45) is 0 Å². The van der Waals surface area contributed by atoms with Crippen LogP contribution in [-0.4, -0.2) is 35.2 Å². The number of hydrogen-bond donors (Lipinski definition) is 1. The number of fused-ring (bicyclic) bond motifs is 2. The molecule has 2 heterocycles. The minimum atomic E-state index is -4.70. The van der Waals surface area contributed by atoms with E-state index in [1.165, 1.54) is 24.3 Å². The molecule has 0 aliphatic carbocycles. The molecule has 1 N–H and O–H groups in total. The molecule has 2 aliphatic heterocycles. The number of carbonyl (C=O) groups excluding carboxylic acids is 1. The number of nitro benzene ring substituents is 1. The number of anilines is 1. The molecule has 0 saturated carbocycles. The van der Waals surface area contributed by atoms with Crippen molar-refractivity contribution in [3.8, 4) is 11.5 Å². The maximum atomic E-state index is 13.2. The first-order chi connectivity index (χ1) is 13.2. The Hall–Kier alpha value is -3.50. The Kier molecular flexibility index (Phi) is 4.02. The molecule has 0 saturated heterocycles. The van der Waals surface area contributed by atoms with Crippen LogP contribution < -0.4 is 14.8 Å². The fourth-order valence-corrected chi connectivity index (χ4v) is 3.22. The van der Waals surface area contributed by atoms with Gasteiger partial charge in [0.2, 0.25) is 6.79 Å². The maximum absolute atomic E-state index is 13.2. The van der Waals surface area contributed by atoms with Gasteiger partial charge in [-0.1, -0.05) is 12.1 Å². The second-order valence-electron chi connectivity index (χ2n) is 6.16. The number of nitro groups is 1. The lowest BCUT2D eigenvalue weighted by atomic mass is 10.0. The first-order valence-electron chi connectivity index (χ1n) is 8.06. The Morgan fingerprint density at radius 2 is 1.89 bits per heavy atom. The molecule has 4 rings (SSSR count). The van der Waals surface area contributed by atoms with Crippen molar-refractivity contribution in [3.05, 3.63) is 57.6 Å². The number of amides is 1. The summed E-state index contributed by atoms with van der Waals surface area (Å²) in [7, 11) is 0. The second-order valence-corrected chi connectivity index (χ2v) is 6.16. The average molecular weight is 395 g/mol. The molecule has 11 heteroatoms. The molecule has 0 fully saturated rings. The van der Waals surface area contributed by atoms with Crippen molar-refractivity contribution < 1.29 is 32.4 Å². The van der Waals surface area contributed by atoms with Crippen molar-refractivity contribution in [3.63, 3.8) is 0 Å². The third-order valence-electron chi connectivity index (χ3n) is 4.39. The molecule has 1 atom stereocenters. The molecular weight excluding hydrogens is 383 g/mol. The molecule has 2 aliphatic rings. The molecule has 0 spiro atoms. The molecule has 0 aromatic heterocycles. The number of nitrogens with one attached hydrogen (secondary N) is 1. The van der Waals surface area contributed by atoms with Crippen molar-refractivity contribution >= 4 is 17.3 Å². The largest absolute Gasteiger partial charge is 0.454 e. The van der Waals surface area contributed by atoms with E-state index in [0.717, 1.165) is 6.07 Å². The molecule has 2 aromatic rings. The van der Waals surface area contributed by atoms with Gasteiger partial charge in [-0.05, 0) is 18.2 Å². The van der Waals surface area contributed by atoms with Gasteiger partial charge in [-0.25, -0.2) is 0 Å². The number of benzene rings is 2. The Labute approximate surface area is 155 Å². The summed E-state index contributed by atoms with van der Waals surface area (Å²) >= 11 is 0. The summed E-state index contributed by atoms with van der Waals surface area (Å²) in [6.07, 6.45) is -6.12. The van der Waals surface area contributed by atoms with Crippen LogP contribution in [0.3, 0.4) is 0 Å². The van der Waals surface area contributed by atoms with Crippen LogP contribution >= 0.6 is 0 Å². The summed E-state index contributed by atoms with van der Waals surface area (Å²) in [4.78, 5) is 24.1. The van der Waals surface area contributed by atoms with E-state index < -0.39 is 35.4 Å². The van der Waals surface area contributed by atoms with Gasteiger partial charge in [0.05, 0.1) is 22.1 Å². The average Bonchev–Trinajstić information content (AvgIpc) is 3.09. The van der Waals surface area contributed by atoms with E-state index in [4.69, 9.17) is 9.47 Å². The highest BCUT2D eigenvalue weighted by molar-refractivity contribution is 6.01. The van der Waals surface area contributed by atoms with Gasteiger partial charge in [0.25, 0.3) is 11.6 Å². The van der Waals surface area contributed by atoms with Gasteiger partial charge in [-0.3, -0.25) is 14.9 Å². The Morgan fingerprint density at radius 1 is 1.21 bits per heavy atom. The summed E-state index contributed by atoms with van der Waals surface area (Å²) in [5.41, 5.74) is -0.295. The standard InChI is InChI=1S/C17H12F3N3O5/c18-17(19,20)7-22-15(21-11-4-2-1-3-9(11)16(22)24)10-5-13-14(28-8-27-13)6-12(10)23(25)26/h1-6,15,21H,7-8H2. The van der Waals surface area contributed by atoms with Crippen molar-refractivity contribution in [1.29, 1.82) is 0 Å². The van der Waals surface area contributed by atoms with Gasteiger partial charge < -0.3 is 19.7 Å². The number of hydrogen-bond acceptors (Lipinski definition) is 6. The van der Waals surface area contributed by atoms with Crippen LogP contribution in [0.5, 0.6) is 11.5 Å². The smallest absolute Gasteiger partial charge is 0.406 e. The SMILES string of the molecule is O=C1c2ccccc2NC(c2cc3c(cc2[N+](=O)[O-])OCO3)N1CC(F)(F)F. The van der Waals surface area contributed by atoms with Crippen LogP contribution in [0.15, 0.2) is 36.4 Å². The summed E-state index contributed by atoms with van der Waals surface area (Å²) < 4.78 is 49.8. The monoisotopic (exact) mass is 395 g/mol. The van der Waals surface area contributed by atoms with Crippen LogP contribution in [0.4, 0.5) is 24.5 Å². The third kappa shape index (κ3) is 3.04. The molecule has 8 nitrogen and oxygen atoms in total. The Morgan fingerprint density at radius 3 is 2.57 bits per heavy atom. The van der Waals surface area contributed by atoms with Gasteiger partial charge >= 0.3 is 6.18 Å². The van der Waals surface area contributed by atoms with E-state index in [1.807, 2.05) is 0 Å². The van der Waals surface area contributed by atoms with Crippen LogP contribution in [-0.2, 0) is 0 Å². The van der Waals surface area contributed by atoms with E-state index in [2.05, 4.69) is 5.32 Å². The quantitative estimate of drug-likeness (QED) is 0.632. The highest BCUT2D eigenvalue weighted by Crippen LogP contribution is 2.44. The Bertz CT molecular complexity index is 979. The van der Waals surface area contributed by atoms with Crippen molar-refractivity contribution in [1.82, 2.24) is 4.90 Å². The lowest BCUT2D eigenvalue weighted by Crippen LogP contribution is -2.47. The van der Waals surface area contributed by atoms with E-state index in [0.29, 0.717) is 4.90 Å². The minimum Gasteiger partial charge on any atom is -0.454 e. The second kappa shape index (κ2) is 6.29. The van der Waals surface area contributed by atoms with Gasteiger partial charge in [0.1, 0.15) is 12.7 Å². The third-order valence-corrected chi connectivity index (χ3v) is 4.39. The highest BCUT2D eigenvalue weighted by Gasteiger charge is 2.43. The van der Waals surface area contributed by atoms with Gasteiger partial charge in [-0.15, -0.1) is 0 Å². The fraction of sp³-hybridized carbons (Fsp3) is 0.235. The Balaban J connectivity index is 1.87. The number of para-hydroxylation sites is 1. The highest BCUT2D eigenvalue weighted by atomic mass is 19.4. The molecule has 0 radical (unpaired) electrons. The predicted molar refractivity (Wildman–Crippen MR) is 89.1 cm³/mol. The zero-order chi connectivity index (χ0) is 20.1. The number of rotatable bonds is 3.